The Balaban J connectivity index is 2.15. The maximum Gasteiger partial charge on any atom is 0.335 e. The van der Waals surface area contributed by atoms with Gasteiger partial charge in [0.15, 0.2) is 6.04 Å². The predicted molar refractivity (Wildman–Crippen MR) is 81.6 cm³/mol. The number of amides is 1. The van der Waals surface area contributed by atoms with E-state index in [-0.39, 0.29) is 11.5 Å². The first-order chi connectivity index (χ1) is 11.1. The molecule has 0 radical (unpaired) electrons. The van der Waals surface area contributed by atoms with E-state index in [4.69, 9.17) is 9.84 Å². The lowest BCUT2D eigenvalue weighted by Gasteiger charge is -2.20. The van der Waals surface area contributed by atoms with Gasteiger partial charge in [-0.1, -0.05) is 18.2 Å². The van der Waals surface area contributed by atoms with E-state index in [1.54, 1.807) is 30.3 Å². The Morgan fingerprint density at radius 2 is 2.04 bits per heavy atom. The average Bonchev–Trinajstić information content (AvgIpc) is 2.87. The van der Waals surface area contributed by atoms with Gasteiger partial charge in [0, 0.05) is 11.3 Å². The van der Waals surface area contributed by atoms with E-state index < -0.39 is 12.0 Å². The molecule has 1 aliphatic heterocycles. The van der Waals surface area contributed by atoms with Crippen LogP contribution in [0.5, 0.6) is 5.75 Å². The number of carboxylic acids is 1. The minimum absolute atomic E-state index is 0.0508. The second-order valence-electron chi connectivity index (χ2n) is 4.99. The van der Waals surface area contributed by atoms with Gasteiger partial charge in [-0.25, -0.2) is 4.79 Å². The van der Waals surface area contributed by atoms with Crippen LogP contribution >= 0.6 is 0 Å². The van der Waals surface area contributed by atoms with E-state index in [0.717, 1.165) is 0 Å². The van der Waals surface area contributed by atoms with Gasteiger partial charge in [-0.2, -0.15) is 5.26 Å². The number of hydrogen-bond acceptors (Lipinski definition) is 4. The third kappa shape index (κ3) is 2.19. The summed E-state index contributed by atoms with van der Waals surface area (Å²) in [7, 11) is 1.46. The Morgan fingerprint density at radius 1 is 1.30 bits per heavy atom. The van der Waals surface area contributed by atoms with Crippen LogP contribution in [0.2, 0.25) is 0 Å². The second-order valence-corrected chi connectivity index (χ2v) is 4.99. The summed E-state index contributed by atoms with van der Waals surface area (Å²) in [4.78, 5) is 25.2. The van der Waals surface area contributed by atoms with Crippen molar-refractivity contribution in [2.75, 3.05) is 12.0 Å². The lowest BCUT2D eigenvalue weighted by Crippen LogP contribution is -2.27. The monoisotopic (exact) mass is 308 g/mol. The van der Waals surface area contributed by atoms with Crippen LogP contribution in [0.3, 0.4) is 0 Å². The van der Waals surface area contributed by atoms with Gasteiger partial charge >= 0.3 is 5.97 Å². The molecule has 1 unspecified atom stereocenters. The number of aromatic carboxylic acids is 1. The van der Waals surface area contributed by atoms with Gasteiger partial charge in [0.2, 0.25) is 0 Å². The fourth-order valence-electron chi connectivity index (χ4n) is 2.73. The molecule has 0 saturated carbocycles. The number of anilines is 1. The van der Waals surface area contributed by atoms with Crippen molar-refractivity contribution in [2.24, 2.45) is 0 Å². The number of hydrogen-bond donors (Lipinski definition) is 1. The van der Waals surface area contributed by atoms with Crippen molar-refractivity contribution in [3.63, 3.8) is 0 Å². The van der Waals surface area contributed by atoms with Crippen LogP contribution in [-0.4, -0.2) is 24.1 Å². The first-order valence-electron chi connectivity index (χ1n) is 6.82. The molecule has 114 valence electrons. The highest BCUT2D eigenvalue weighted by atomic mass is 16.5. The first-order valence-corrected chi connectivity index (χ1v) is 6.82. The first kappa shape index (κ1) is 14.6. The summed E-state index contributed by atoms with van der Waals surface area (Å²) >= 11 is 0. The standard InChI is InChI=1S/C17H12N2O4/c1-23-14-7-3-6-12-13(9-18)19(16(20)15(12)14)11-5-2-4-10(8-11)17(21)22/h2-8,13H,1H3,(H,21,22). The number of carbonyl (C=O) groups is 2. The number of fused-ring (bicyclic) bond motifs is 1. The second kappa shape index (κ2) is 5.46. The van der Waals surface area contributed by atoms with Gasteiger partial charge in [0.25, 0.3) is 5.91 Å². The topological polar surface area (TPSA) is 90.6 Å². The molecule has 2 aromatic carbocycles. The zero-order valence-corrected chi connectivity index (χ0v) is 12.2. The summed E-state index contributed by atoms with van der Waals surface area (Å²) in [6.45, 7) is 0. The van der Waals surface area contributed by atoms with Gasteiger partial charge in [-0.15, -0.1) is 0 Å². The maximum atomic E-state index is 12.8. The molecule has 0 bridgehead atoms. The van der Waals surface area contributed by atoms with Crippen molar-refractivity contribution in [1.29, 1.82) is 5.26 Å². The van der Waals surface area contributed by atoms with E-state index in [2.05, 4.69) is 6.07 Å². The van der Waals surface area contributed by atoms with Crippen LogP contribution < -0.4 is 9.64 Å². The molecule has 0 aromatic heterocycles. The number of rotatable bonds is 3. The number of methoxy groups -OCH3 is 1. The Kier molecular flexibility index (Phi) is 3.47. The quantitative estimate of drug-likeness (QED) is 0.941. The molecule has 0 spiro atoms. The smallest absolute Gasteiger partial charge is 0.335 e. The minimum atomic E-state index is -1.10. The number of nitrogens with zero attached hydrogens (tertiary/aromatic N) is 2. The zero-order valence-electron chi connectivity index (χ0n) is 12.2. The molecule has 23 heavy (non-hydrogen) atoms. The fraction of sp³-hybridized carbons (Fsp3) is 0.118. The molecule has 0 fully saturated rings. The third-order valence-corrected chi connectivity index (χ3v) is 3.76. The van der Waals surface area contributed by atoms with Crippen LogP contribution in [0.25, 0.3) is 0 Å². The van der Waals surface area contributed by atoms with E-state index in [1.807, 2.05) is 0 Å². The van der Waals surface area contributed by atoms with Crippen molar-refractivity contribution >= 4 is 17.6 Å². The molecule has 6 heteroatoms. The number of nitriles is 1. The maximum absolute atomic E-state index is 12.8. The fourth-order valence-corrected chi connectivity index (χ4v) is 2.73. The molecule has 1 N–H and O–H groups in total. The van der Waals surface area contributed by atoms with Crippen LogP contribution in [-0.2, 0) is 0 Å². The normalized spacial score (nSPS) is 15.9. The van der Waals surface area contributed by atoms with Crippen LogP contribution in [0.15, 0.2) is 42.5 Å². The van der Waals surface area contributed by atoms with Crippen LogP contribution in [0.1, 0.15) is 32.3 Å². The SMILES string of the molecule is COc1cccc2c1C(=O)N(c1cccc(C(=O)O)c1)C2C#N. The Hall–Kier alpha value is -3.33. The van der Waals surface area contributed by atoms with E-state index in [1.165, 1.54) is 24.1 Å². The molecule has 3 rings (SSSR count). The molecule has 6 nitrogen and oxygen atoms in total. The average molecular weight is 308 g/mol. The molecule has 0 saturated heterocycles. The summed E-state index contributed by atoms with van der Waals surface area (Å²) in [5, 5.41) is 18.6. The molecular formula is C17H12N2O4. The highest BCUT2D eigenvalue weighted by molar-refractivity contribution is 6.13. The number of benzene rings is 2. The van der Waals surface area contributed by atoms with Gasteiger partial charge in [0.05, 0.1) is 24.3 Å². The zero-order chi connectivity index (χ0) is 16.6. The van der Waals surface area contributed by atoms with Gasteiger partial charge in [0.1, 0.15) is 5.75 Å². The highest BCUT2D eigenvalue weighted by Gasteiger charge is 2.40. The lowest BCUT2D eigenvalue weighted by atomic mass is 10.0. The van der Waals surface area contributed by atoms with E-state index in [0.29, 0.717) is 22.6 Å². The Morgan fingerprint density at radius 3 is 2.70 bits per heavy atom. The number of carbonyl (C=O) groups excluding carboxylic acids is 1. The summed E-state index contributed by atoms with van der Waals surface area (Å²) in [5.41, 5.74) is 1.30. The van der Waals surface area contributed by atoms with Crippen molar-refractivity contribution in [3.8, 4) is 11.8 Å². The molecule has 1 atom stereocenters. The summed E-state index contributed by atoms with van der Waals surface area (Å²) in [6.07, 6.45) is 0. The highest BCUT2D eigenvalue weighted by Crippen LogP contribution is 2.41. The molecule has 0 aliphatic carbocycles. The predicted octanol–water partition coefficient (Wildman–Crippen LogP) is 2.62. The molecule has 2 aromatic rings. The third-order valence-electron chi connectivity index (χ3n) is 3.76. The van der Waals surface area contributed by atoms with Gasteiger partial charge in [-0.05, 0) is 24.3 Å². The molecule has 1 aliphatic rings. The summed E-state index contributed by atoms with van der Waals surface area (Å²) in [6, 6.07) is 12.3. The van der Waals surface area contributed by atoms with Gasteiger partial charge in [-0.3, -0.25) is 9.69 Å². The van der Waals surface area contributed by atoms with Crippen LogP contribution in [0.4, 0.5) is 5.69 Å². The Labute approximate surface area is 132 Å². The molecular weight excluding hydrogens is 296 g/mol. The molecule has 1 heterocycles. The van der Waals surface area contributed by atoms with Gasteiger partial charge < -0.3 is 9.84 Å². The Bertz CT molecular complexity index is 854. The number of carboxylic acid groups (broad SMARTS) is 1. The van der Waals surface area contributed by atoms with Crippen molar-refractivity contribution in [2.45, 2.75) is 6.04 Å². The molecule has 1 amide bonds. The lowest BCUT2D eigenvalue weighted by molar-refractivity contribution is 0.0696. The van der Waals surface area contributed by atoms with Crippen molar-refractivity contribution < 1.29 is 19.4 Å². The van der Waals surface area contributed by atoms with Crippen molar-refractivity contribution in [1.82, 2.24) is 0 Å². The minimum Gasteiger partial charge on any atom is -0.496 e. The van der Waals surface area contributed by atoms with E-state index >= 15 is 0 Å². The van der Waals surface area contributed by atoms with Crippen LogP contribution in [0, 0.1) is 11.3 Å². The summed E-state index contributed by atoms with van der Waals surface area (Å²) in [5.74, 6) is -1.08. The summed E-state index contributed by atoms with van der Waals surface area (Å²) < 4.78 is 5.22. The van der Waals surface area contributed by atoms with Crippen molar-refractivity contribution in [3.05, 3.63) is 59.2 Å². The van der Waals surface area contributed by atoms with E-state index in [9.17, 15) is 14.9 Å². The number of ether oxygens (including phenoxy) is 1. The largest absolute Gasteiger partial charge is 0.496 e.